The van der Waals surface area contributed by atoms with E-state index in [1.165, 1.54) is 23.5 Å². The van der Waals surface area contributed by atoms with Gasteiger partial charge in [0.25, 0.3) is 11.8 Å². The van der Waals surface area contributed by atoms with Gasteiger partial charge in [0.1, 0.15) is 0 Å². The molecule has 0 bridgehead atoms. The Morgan fingerprint density at radius 2 is 1.40 bits per heavy atom. The van der Waals surface area contributed by atoms with Crippen LogP contribution in [0.2, 0.25) is 0 Å². The Morgan fingerprint density at radius 1 is 0.772 bits per heavy atom. The van der Waals surface area contributed by atoms with Gasteiger partial charge in [0.05, 0.1) is 22.0 Å². The number of allylic oxidation sites excluding steroid dienone is 2. The minimum absolute atomic E-state index is 0.0520. The summed E-state index contributed by atoms with van der Waals surface area (Å²) in [7, 11) is 0. The van der Waals surface area contributed by atoms with E-state index in [0.29, 0.717) is 91.0 Å². The Kier molecular flexibility index (Phi) is 21.2. The van der Waals surface area contributed by atoms with Crippen molar-refractivity contribution in [2.75, 3.05) is 48.3 Å². The Morgan fingerprint density at radius 3 is 2.00 bits per heavy atom. The molecule has 0 radical (unpaired) electrons. The summed E-state index contributed by atoms with van der Waals surface area (Å²) in [6.45, 7) is 19.9. The van der Waals surface area contributed by atoms with Crippen LogP contribution in [0.1, 0.15) is 113 Å². The van der Waals surface area contributed by atoms with Gasteiger partial charge in [-0.3, -0.25) is 19.2 Å². The largest absolute Gasteiger partial charge is 0.391 e. The van der Waals surface area contributed by atoms with Gasteiger partial charge in [0, 0.05) is 53.4 Å². The van der Waals surface area contributed by atoms with E-state index >= 15 is 0 Å². The molecule has 2 aromatic rings. The second-order valence-electron chi connectivity index (χ2n) is 15.9. The normalized spacial score (nSPS) is 12.4. The molecule has 0 atom stereocenters. The monoisotopic (exact) mass is 822 g/mol. The van der Waals surface area contributed by atoms with Crippen molar-refractivity contribution in [3.05, 3.63) is 88.2 Å². The molecule has 314 valence electrons. The molecule has 0 fully saturated rings. The molecule has 57 heavy (non-hydrogen) atoms. The van der Waals surface area contributed by atoms with E-state index in [9.17, 15) is 19.2 Å². The van der Waals surface area contributed by atoms with E-state index in [1.807, 2.05) is 18.2 Å². The van der Waals surface area contributed by atoms with Crippen LogP contribution >= 0.6 is 23.5 Å². The van der Waals surface area contributed by atoms with Gasteiger partial charge < -0.3 is 43.8 Å². The molecule has 4 amide bonds. The van der Waals surface area contributed by atoms with Gasteiger partial charge >= 0.3 is 0 Å². The first-order valence-electron chi connectivity index (χ1n) is 19.6. The minimum Gasteiger partial charge on any atom is -0.391 e. The smallest absolute Gasteiger partial charge is 0.255 e. The third-order valence-corrected chi connectivity index (χ3v) is 10.9. The van der Waals surface area contributed by atoms with Crippen LogP contribution in [0.4, 0.5) is 11.4 Å². The number of carbonyl (C=O) groups excluding carboxylic acids is 4. The number of thioether (sulfide) groups is 2. The summed E-state index contributed by atoms with van der Waals surface area (Å²) in [4.78, 5) is 55.2. The zero-order chi connectivity index (χ0) is 42.6. The van der Waals surface area contributed by atoms with Crippen LogP contribution in [0.25, 0.3) is 0 Å². The number of rotatable bonds is 23. The second-order valence-corrected chi connectivity index (χ2v) is 18.1. The quantitative estimate of drug-likeness (QED) is 0.0329. The highest BCUT2D eigenvalue weighted by atomic mass is 32.2. The van der Waals surface area contributed by atoms with Gasteiger partial charge in [-0.25, -0.2) is 0 Å². The lowest BCUT2D eigenvalue weighted by molar-refractivity contribution is -0.120. The van der Waals surface area contributed by atoms with Gasteiger partial charge in [0.2, 0.25) is 11.8 Å². The van der Waals surface area contributed by atoms with E-state index < -0.39 is 11.8 Å². The summed E-state index contributed by atoms with van der Waals surface area (Å²) in [6, 6.07) is 10.4. The lowest BCUT2D eigenvalue weighted by Crippen LogP contribution is -2.28. The van der Waals surface area contributed by atoms with Gasteiger partial charge in [-0.2, -0.15) is 0 Å². The number of carbonyl (C=O) groups is 4. The molecular formula is C43H66N8O4S2. The fraction of sp³-hybridized carbons (Fsp3) is 0.488. The third-order valence-electron chi connectivity index (χ3n) is 8.38. The number of nitrogens with one attached hydrogen (secondary N) is 5. The summed E-state index contributed by atoms with van der Waals surface area (Å²) in [5.41, 5.74) is 20.8. The van der Waals surface area contributed by atoms with E-state index in [4.69, 9.17) is 17.2 Å². The molecule has 12 nitrogen and oxygen atoms in total. The standard InChI is InChI=1S/C43H66N8O4S2/c1-9-47-23-12-17-37(53)49-33(18-19-42(3,4)5)38(57-25-22-46)29(2)48-40(54)30-14-10-15-31(26-30)41(55)51-35-28-32(43(6,7)8)27-34(39(35)56-24-13-21-45)50-36(52)16-11-20-44/h9-10,14-15,18,26-28,47H,1,11-13,16-17,19-25,44-46H2,2-8H3,(H,48,54)(H,49,53)(H,50,52)(H,51,55)/b33-18+,38-29-. The van der Waals surface area contributed by atoms with Crippen LogP contribution in [0.3, 0.4) is 0 Å². The molecule has 0 spiro atoms. The maximum Gasteiger partial charge on any atom is 0.255 e. The van der Waals surface area contributed by atoms with Gasteiger partial charge in [-0.15, -0.1) is 23.5 Å². The van der Waals surface area contributed by atoms with Gasteiger partial charge in [0.15, 0.2) is 0 Å². The minimum atomic E-state index is -0.416. The Labute approximate surface area is 348 Å². The van der Waals surface area contributed by atoms with Crippen molar-refractivity contribution in [1.82, 2.24) is 16.0 Å². The first kappa shape index (κ1) is 49.1. The van der Waals surface area contributed by atoms with Crippen molar-refractivity contribution in [3.8, 4) is 0 Å². The van der Waals surface area contributed by atoms with Crippen molar-refractivity contribution >= 4 is 58.5 Å². The lowest BCUT2D eigenvalue weighted by Gasteiger charge is -2.24. The molecule has 0 saturated heterocycles. The fourth-order valence-electron chi connectivity index (χ4n) is 5.25. The van der Waals surface area contributed by atoms with Gasteiger partial charge in [-0.05, 0) is 104 Å². The summed E-state index contributed by atoms with van der Waals surface area (Å²) in [5.74, 6) is 0.110. The maximum atomic E-state index is 14.0. The molecule has 0 heterocycles. The third kappa shape index (κ3) is 17.9. The number of nitrogens with two attached hydrogens (primary N) is 3. The zero-order valence-corrected chi connectivity index (χ0v) is 36.6. The summed E-state index contributed by atoms with van der Waals surface area (Å²) >= 11 is 2.96. The molecule has 0 aliphatic heterocycles. The van der Waals surface area contributed by atoms with Crippen LogP contribution in [0, 0.1) is 5.41 Å². The number of hydrogen-bond acceptors (Lipinski definition) is 10. The average molecular weight is 823 g/mol. The van der Waals surface area contributed by atoms with Crippen molar-refractivity contribution in [2.24, 2.45) is 22.6 Å². The van der Waals surface area contributed by atoms with Crippen molar-refractivity contribution in [1.29, 1.82) is 0 Å². The predicted molar refractivity (Wildman–Crippen MR) is 240 cm³/mol. The summed E-state index contributed by atoms with van der Waals surface area (Å²) < 4.78 is 0. The van der Waals surface area contributed by atoms with Crippen LogP contribution in [0.15, 0.2) is 76.4 Å². The van der Waals surface area contributed by atoms with Crippen LogP contribution in [-0.2, 0) is 15.0 Å². The first-order chi connectivity index (χ1) is 26.9. The van der Waals surface area contributed by atoms with Crippen molar-refractivity contribution in [3.63, 3.8) is 0 Å². The number of anilines is 2. The van der Waals surface area contributed by atoms with E-state index in [2.05, 4.69) is 74.7 Å². The molecule has 2 aromatic carbocycles. The molecule has 0 aliphatic rings. The van der Waals surface area contributed by atoms with E-state index in [1.54, 1.807) is 37.4 Å². The van der Waals surface area contributed by atoms with E-state index in [-0.39, 0.29) is 40.2 Å². The molecule has 0 saturated carbocycles. The summed E-state index contributed by atoms with van der Waals surface area (Å²) in [6.07, 6.45) is 6.78. The fourth-order valence-corrected chi connectivity index (χ4v) is 7.18. The van der Waals surface area contributed by atoms with Crippen LogP contribution in [0.5, 0.6) is 0 Å². The molecular weight excluding hydrogens is 757 g/mol. The molecule has 0 aliphatic carbocycles. The highest BCUT2D eigenvalue weighted by molar-refractivity contribution is 8.03. The maximum absolute atomic E-state index is 14.0. The first-order valence-corrected chi connectivity index (χ1v) is 21.5. The number of amides is 4. The molecule has 0 unspecified atom stereocenters. The van der Waals surface area contributed by atoms with E-state index in [0.717, 1.165) is 16.9 Å². The average Bonchev–Trinajstić information content (AvgIpc) is 3.14. The predicted octanol–water partition coefficient (Wildman–Crippen LogP) is 6.96. The molecule has 14 heteroatoms. The van der Waals surface area contributed by atoms with Crippen molar-refractivity contribution < 1.29 is 19.2 Å². The number of hydrogen-bond donors (Lipinski definition) is 8. The topological polar surface area (TPSA) is 206 Å². The highest BCUT2D eigenvalue weighted by Crippen LogP contribution is 2.40. The lowest BCUT2D eigenvalue weighted by atomic mass is 9.86. The van der Waals surface area contributed by atoms with Crippen LogP contribution in [-0.4, -0.2) is 61.3 Å². The number of benzene rings is 2. The molecule has 0 aromatic heterocycles. The second kappa shape index (κ2) is 24.6. The highest BCUT2D eigenvalue weighted by Gasteiger charge is 2.23. The SMILES string of the molecule is C=CNCCCC(=O)NC(=C/CC(C)(C)C)/C(SCCN)=C(\C)NC(=O)c1cccc(C(=O)Nc2cc(C(C)(C)C)cc(NC(=O)CCCN)c2SCCCN)c1. The van der Waals surface area contributed by atoms with Crippen LogP contribution < -0.4 is 43.8 Å². The molecule has 2 rings (SSSR count). The van der Waals surface area contributed by atoms with Crippen molar-refractivity contribution in [2.45, 2.75) is 97.3 Å². The Balaban J connectivity index is 2.51. The zero-order valence-electron chi connectivity index (χ0n) is 35.0. The Hall–Kier alpha value is -4.08. The Bertz CT molecular complexity index is 1750. The van der Waals surface area contributed by atoms with Gasteiger partial charge in [-0.1, -0.05) is 60.3 Å². The summed E-state index contributed by atoms with van der Waals surface area (Å²) in [5, 5.41) is 15.2. The molecule has 11 N–H and O–H groups in total.